The standard InChI is InChI=1S/C15H18O3/c1-14(2)8-9-15(12(18-15)13(16)17-3)11-7-5-4-6-10(11)14/h4-7,12H,8-9H2,1-3H3. The molecule has 0 bridgehead atoms. The van der Waals surface area contributed by atoms with E-state index in [0.717, 1.165) is 18.4 Å². The predicted molar refractivity (Wildman–Crippen MR) is 67.3 cm³/mol. The highest BCUT2D eigenvalue weighted by Crippen LogP contribution is 2.57. The lowest BCUT2D eigenvalue weighted by Crippen LogP contribution is -2.33. The van der Waals surface area contributed by atoms with Crippen molar-refractivity contribution in [2.24, 2.45) is 0 Å². The smallest absolute Gasteiger partial charge is 0.338 e. The Morgan fingerprint density at radius 2 is 1.94 bits per heavy atom. The van der Waals surface area contributed by atoms with E-state index in [1.807, 2.05) is 6.07 Å². The van der Waals surface area contributed by atoms with E-state index in [-0.39, 0.29) is 11.4 Å². The first-order chi connectivity index (χ1) is 8.51. The van der Waals surface area contributed by atoms with Gasteiger partial charge in [0.2, 0.25) is 0 Å². The van der Waals surface area contributed by atoms with Crippen LogP contribution < -0.4 is 0 Å². The maximum atomic E-state index is 11.7. The van der Waals surface area contributed by atoms with Gasteiger partial charge in [-0.1, -0.05) is 38.1 Å². The molecule has 2 atom stereocenters. The Kier molecular flexibility index (Phi) is 2.33. The third-order valence-electron chi connectivity index (χ3n) is 4.34. The highest BCUT2D eigenvalue weighted by molar-refractivity contribution is 5.80. The van der Waals surface area contributed by atoms with Crippen LogP contribution in [0.3, 0.4) is 0 Å². The van der Waals surface area contributed by atoms with Gasteiger partial charge in [-0.25, -0.2) is 4.79 Å². The first-order valence-corrected chi connectivity index (χ1v) is 6.37. The normalized spacial score (nSPS) is 31.8. The Balaban J connectivity index is 2.05. The first kappa shape index (κ1) is 11.7. The Morgan fingerprint density at radius 3 is 2.61 bits per heavy atom. The monoisotopic (exact) mass is 246 g/mol. The lowest BCUT2D eigenvalue weighted by atomic mass is 9.67. The van der Waals surface area contributed by atoms with Crippen LogP contribution in [0.15, 0.2) is 24.3 Å². The molecule has 3 nitrogen and oxygen atoms in total. The van der Waals surface area contributed by atoms with Crippen LogP contribution in [0.2, 0.25) is 0 Å². The zero-order chi connectivity index (χ0) is 13.0. The fraction of sp³-hybridized carbons (Fsp3) is 0.533. The summed E-state index contributed by atoms with van der Waals surface area (Å²) in [5.41, 5.74) is 2.19. The maximum absolute atomic E-state index is 11.7. The molecule has 2 unspecified atom stereocenters. The number of carbonyl (C=O) groups excluding carboxylic acids is 1. The van der Waals surface area contributed by atoms with Crippen LogP contribution in [-0.2, 0) is 25.3 Å². The summed E-state index contributed by atoms with van der Waals surface area (Å²) in [6.45, 7) is 4.49. The summed E-state index contributed by atoms with van der Waals surface area (Å²) in [5.74, 6) is -0.260. The molecule has 1 aromatic carbocycles. The van der Waals surface area contributed by atoms with Gasteiger partial charge in [-0.15, -0.1) is 0 Å². The zero-order valence-corrected chi connectivity index (χ0v) is 11.0. The minimum absolute atomic E-state index is 0.147. The van der Waals surface area contributed by atoms with Crippen LogP contribution in [0, 0.1) is 0 Å². The number of carbonyl (C=O) groups is 1. The van der Waals surface area contributed by atoms with E-state index < -0.39 is 11.7 Å². The second-order valence-electron chi connectivity index (χ2n) is 5.84. The van der Waals surface area contributed by atoms with Gasteiger partial charge in [-0.3, -0.25) is 0 Å². The zero-order valence-electron chi connectivity index (χ0n) is 11.0. The second-order valence-corrected chi connectivity index (χ2v) is 5.84. The van der Waals surface area contributed by atoms with Gasteiger partial charge in [0, 0.05) is 0 Å². The molecular weight excluding hydrogens is 228 g/mol. The van der Waals surface area contributed by atoms with Crippen molar-refractivity contribution in [2.45, 2.75) is 43.8 Å². The molecule has 0 saturated carbocycles. The quantitative estimate of drug-likeness (QED) is 0.564. The van der Waals surface area contributed by atoms with Gasteiger partial charge in [-0.05, 0) is 29.4 Å². The van der Waals surface area contributed by atoms with E-state index in [9.17, 15) is 4.79 Å². The average molecular weight is 246 g/mol. The number of benzene rings is 1. The number of rotatable bonds is 1. The fourth-order valence-electron chi connectivity index (χ4n) is 3.13. The van der Waals surface area contributed by atoms with Crippen LogP contribution >= 0.6 is 0 Å². The molecule has 3 rings (SSSR count). The van der Waals surface area contributed by atoms with Gasteiger partial charge < -0.3 is 9.47 Å². The van der Waals surface area contributed by atoms with Crippen LogP contribution in [-0.4, -0.2) is 19.2 Å². The number of methoxy groups -OCH3 is 1. The van der Waals surface area contributed by atoms with Crippen molar-refractivity contribution in [2.75, 3.05) is 7.11 Å². The van der Waals surface area contributed by atoms with E-state index in [2.05, 4.69) is 32.0 Å². The number of hydrogen-bond acceptors (Lipinski definition) is 3. The van der Waals surface area contributed by atoms with E-state index in [1.54, 1.807) is 0 Å². The molecule has 0 N–H and O–H groups in total. The first-order valence-electron chi connectivity index (χ1n) is 6.37. The van der Waals surface area contributed by atoms with E-state index in [0.29, 0.717) is 0 Å². The molecule has 96 valence electrons. The molecule has 1 heterocycles. The summed E-state index contributed by atoms with van der Waals surface area (Å²) < 4.78 is 10.5. The number of fused-ring (bicyclic) bond motifs is 2. The van der Waals surface area contributed by atoms with Gasteiger partial charge in [0.1, 0.15) is 5.60 Å². The molecule has 0 radical (unpaired) electrons. The summed E-state index contributed by atoms with van der Waals surface area (Å²) in [6.07, 6.45) is 1.49. The average Bonchev–Trinajstić information content (AvgIpc) is 3.10. The SMILES string of the molecule is COC(=O)C1OC12CCC(C)(C)c1ccccc12. The Hall–Kier alpha value is -1.35. The molecule has 0 amide bonds. The third-order valence-corrected chi connectivity index (χ3v) is 4.34. The van der Waals surface area contributed by atoms with E-state index >= 15 is 0 Å². The van der Waals surface area contributed by atoms with Gasteiger partial charge in [0.15, 0.2) is 6.10 Å². The van der Waals surface area contributed by atoms with Crippen molar-refractivity contribution in [3.8, 4) is 0 Å². The number of hydrogen-bond donors (Lipinski definition) is 0. The molecule has 18 heavy (non-hydrogen) atoms. The molecule has 1 fully saturated rings. The molecule has 1 aliphatic heterocycles. The highest BCUT2D eigenvalue weighted by atomic mass is 16.7. The van der Waals surface area contributed by atoms with Crippen molar-refractivity contribution in [3.63, 3.8) is 0 Å². The van der Waals surface area contributed by atoms with Crippen LogP contribution in [0.25, 0.3) is 0 Å². The summed E-state index contributed by atoms with van der Waals surface area (Å²) >= 11 is 0. The van der Waals surface area contributed by atoms with Gasteiger partial charge >= 0.3 is 5.97 Å². The minimum atomic E-state index is -0.417. The summed E-state index contributed by atoms with van der Waals surface area (Å²) in [5, 5.41) is 0. The topological polar surface area (TPSA) is 38.8 Å². The number of esters is 1. The van der Waals surface area contributed by atoms with Crippen LogP contribution in [0.5, 0.6) is 0 Å². The second kappa shape index (κ2) is 3.58. The summed E-state index contributed by atoms with van der Waals surface area (Å²) in [6, 6.07) is 8.29. The van der Waals surface area contributed by atoms with Crippen molar-refractivity contribution >= 4 is 5.97 Å². The molecule has 1 aromatic rings. The van der Waals surface area contributed by atoms with Gasteiger partial charge in [0.25, 0.3) is 0 Å². The lowest BCUT2D eigenvalue weighted by molar-refractivity contribution is -0.142. The van der Waals surface area contributed by atoms with Crippen LogP contribution in [0.4, 0.5) is 0 Å². The van der Waals surface area contributed by atoms with Crippen molar-refractivity contribution < 1.29 is 14.3 Å². The molecule has 1 saturated heterocycles. The molecule has 0 aromatic heterocycles. The van der Waals surface area contributed by atoms with Crippen molar-refractivity contribution in [1.29, 1.82) is 0 Å². The molecule has 1 spiro atoms. The summed E-state index contributed by atoms with van der Waals surface area (Å²) in [4.78, 5) is 11.7. The van der Waals surface area contributed by atoms with Gasteiger partial charge in [-0.2, -0.15) is 0 Å². The fourth-order valence-corrected chi connectivity index (χ4v) is 3.13. The summed E-state index contributed by atoms with van der Waals surface area (Å²) in [7, 11) is 1.41. The van der Waals surface area contributed by atoms with Crippen molar-refractivity contribution in [3.05, 3.63) is 35.4 Å². The van der Waals surface area contributed by atoms with Crippen molar-refractivity contribution in [1.82, 2.24) is 0 Å². The molecular formula is C15H18O3. The number of epoxide rings is 1. The Bertz CT molecular complexity index is 506. The third kappa shape index (κ3) is 1.43. The Labute approximate surface area is 107 Å². The maximum Gasteiger partial charge on any atom is 0.338 e. The van der Waals surface area contributed by atoms with E-state index in [1.165, 1.54) is 12.7 Å². The van der Waals surface area contributed by atoms with Crippen LogP contribution in [0.1, 0.15) is 37.8 Å². The number of ether oxygens (including phenoxy) is 2. The molecule has 1 aliphatic carbocycles. The lowest BCUT2D eigenvalue weighted by Gasteiger charge is -2.36. The largest absolute Gasteiger partial charge is 0.467 e. The predicted octanol–water partition coefficient (Wildman–Crippen LogP) is 2.53. The van der Waals surface area contributed by atoms with Gasteiger partial charge in [0.05, 0.1) is 7.11 Å². The highest BCUT2D eigenvalue weighted by Gasteiger charge is 2.65. The Morgan fingerprint density at radius 1 is 1.28 bits per heavy atom. The molecule has 2 aliphatic rings. The van der Waals surface area contributed by atoms with E-state index in [4.69, 9.17) is 9.47 Å². The molecule has 3 heteroatoms. The minimum Gasteiger partial charge on any atom is -0.467 e.